The number of aromatic nitrogens is 3. The Labute approximate surface area is 127 Å². The fraction of sp³-hybridized carbons (Fsp3) is 0.188. The van der Waals surface area contributed by atoms with Crippen LogP contribution in [0.4, 0.5) is 5.69 Å². The molecule has 3 aromatic rings. The minimum Gasteiger partial charge on any atom is -0.471 e. The van der Waals surface area contributed by atoms with Crippen LogP contribution < -0.4 is 10.5 Å². The Morgan fingerprint density at radius 3 is 2.50 bits per heavy atom. The van der Waals surface area contributed by atoms with Gasteiger partial charge in [0, 0.05) is 23.6 Å². The average Bonchev–Trinajstić information content (AvgIpc) is 2.85. The van der Waals surface area contributed by atoms with Gasteiger partial charge in [0.2, 0.25) is 5.88 Å². The molecule has 0 saturated carbocycles. The smallest absolute Gasteiger partial charge is 0.240 e. The Morgan fingerprint density at radius 2 is 1.82 bits per heavy atom. The van der Waals surface area contributed by atoms with Crippen LogP contribution in [0.2, 0.25) is 0 Å². The Morgan fingerprint density at radius 1 is 1.09 bits per heavy atom. The Bertz CT molecular complexity index is 762. The molecule has 0 aliphatic heterocycles. The molecule has 0 fully saturated rings. The lowest BCUT2D eigenvalue weighted by molar-refractivity contribution is 0.290. The van der Waals surface area contributed by atoms with Gasteiger partial charge in [0.1, 0.15) is 18.1 Å². The first-order chi connectivity index (χ1) is 10.6. The first-order valence-electron chi connectivity index (χ1n) is 6.86. The summed E-state index contributed by atoms with van der Waals surface area (Å²) in [5, 5.41) is 3.91. The minimum atomic E-state index is 0.335. The predicted molar refractivity (Wildman–Crippen MR) is 82.2 cm³/mol. The second kappa shape index (κ2) is 5.85. The van der Waals surface area contributed by atoms with E-state index in [-0.39, 0.29) is 0 Å². The van der Waals surface area contributed by atoms with Crippen LogP contribution >= 0.6 is 0 Å². The maximum Gasteiger partial charge on any atom is 0.240 e. The molecule has 2 aromatic heterocycles. The molecule has 22 heavy (non-hydrogen) atoms. The summed E-state index contributed by atoms with van der Waals surface area (Å²) in [6.07, 6.45) is 3.23. The summed E-state index contributed by atoms with van der Waals surface area (Å²) >= 11 is 0. The van der Waals surface area contributed by atoms with Crippen molar-refractivity contribution < 1.29 is 9.26 Å². The van der Waals surface area contributed by atoms with Gasteiger partial charge in [-0.05, 0) is 26.0 Å². The minimum absolute atomic E-state index is 0.335. The predicted octanol–water partition coefficient (Wildman–Crippen LogP) is 2.91. The first kappa shape index (κ1) is 14.1. The monoisotopic (exact) mass is 296 g/mol. The van der Waals surface area contributed by atoms with Crippen LogP contribution in [0, 0.1) is 13.8 Å². The first-order valence-corrected chi connectivity index (χ1v) is 6.86. The number of aryl methyl sites for hydroxylation is 2. The van der Waals surface area contributed by atoms with E-state index in [0.717, 1.165) is 22.6 Å². The van der Waals surface area contributed by atoms with Gasteiger partial charge < -0.3 is 15.0 Å². The van der Waals surface area contributed by atoms with Gasteiger partial charge in [-0.2, -0.15) is 0 Å². The molecule has 0 unspecified atom stereocenters. The number of nitrogens with two attached hydrogens (primary N) is 1. The Balaban J connectivity index is 1.87. The van der Waals surface area contributed by atoms with E-state index >= 15 is 0 Å². The van der Waals surface area contributed by atoms with E-state index in [1.807, 2.05) is 38.1 Å². The number of nitrogens with zero attached hydrogens (tertiary/aromatic N) is 3. The second-order valence-electron chi connectivity index (χ2n) is 4.92. The highest BCUT2D eigenvalue weighted by Gasteiger charge is 2.13. The number of hydrogen-bond acceptors (Lipinski definition) is 6. The lowest BCUT2D eigenvalue weighted by atomic mass is 10.1. The van der Waals surface area contributed by atoms with Crippen LogP contribution in [0.3, 0.4) is 0 Å². The van der Waals surface area contributed by atoms with Crippen LogP contribution in [0.1, 0.15) is 17.0 Å². The maximum atomic E-state index is 5.82. The summed E-state index contributed by atoms with van der Waals surface area (Å²) in [5.41, 5.74) is 9.73. The quantitative estimate of drug-likeness (QED) is 0.745. The fourth-order valence-corrected chi connectivity index (χ4v) is 2.12. The summed E-state index contributed by atoms with van der Waals surface area (Å²) in [6.45, 7) is 4.07. The van der Waals surface area contributed by atoms with E-state index in [1.165, 1.54) is 0 Å². The zero-order valence-corrected chi connectivity index (χ0v) is 12.4. The molecule has 3 rings (SSSR count). The van der Waals surface area contributed by atoms with E-state index in [2.05, 4.69) is 15.1 Å². The lowest BCUT2D eigenvalue weighted by Gasteiger charge is -2.09. The standard InChI is InChI=1S/C16H16N4O2/c1-10-14(11(2)22-20-10)9-21-16-15(18-7-8-19-16)12-3-5-13(17)6-4-12/h3-8H,9,17H2,1-2H3. The highest BCUT2D eigenvalue weighted by molar-refractivity contribution is 5.65. The molecule has 2 heterocycles. The summed E-state index contributed by atoms with van der Waals surface area (Å²) < 4.78 is 11.0. The average molecular weight is 296 g/mol. The molecule has 0 spiro atoms. The molecule has 0 bridgehead atoms. The van der Waals surface area contributed by atoms with Crippen LogP contribution in [-0.4, -0.2) is 15.1 Å². The van der Waals surface area contributed by atoms with Gasteiger partial charge in [-0.25, -0.2) is 9.97 Å². The van der Waals surface area contributed by atoms with Crippen molar-refractivity contribution in [1.29, 1.82) is 0 Å². The van der Waals surface area contributed by atoms with Gasteiger partial charge in [0.25, 0.3) is 0 Å². The van der Waals surface area contributed by atoms with Crippen LogP contribution in [0.25, 0.3) is 11.3 Å². The Hall–Kier alpha value is -2.89. The SMILES string of the molecule is Cc1noc(C)c1COc1nccnc1-c1ccc(N)cc1. The van der Waals surface area contributed by atoms with Crippen LogP contribution in [0.5, 0.6) is 5.88 Å². The number of nitrogen functional groups attached to an aromatic ring is 1. The van der Waals surface area contributed by atoms with E-state index in [4.69, 9.17) is 15.0 Å². The van der Waals surface area contributed by atoms with Gasteiger partial charge in [-0.3, -0.25) is 0 Å². The van der Waals surface area contributed by atoms with Crippen molar-refractivity contribution >= 4 is 5.69 Å². The number of rotatable bonds is 4. The zero-order chi connectivity index (χ0) is 15.5. The van der Waals surface area contributed by atoms with E-state index in [9.17, 15) is 0 Å². The summed E-state index contributed by atoms with van der Waals surface area (Å²) in [7, 11) is 0. The van der Waals surface area contributed by atoms with Crippen molar-refractivity contribution in [2.24, 2.45) is 0 Å². The molecule has 0 atom stereocenters. The largest absolute Gasteiger partial charge is 0.471 e. The lowest BCUT2D eigenvalue weighted by Crippen LogP contribution is -2.02. The zero-order valence-electron chi connectivity index (χ0n) is 12.4. The molecule has 2 N–H and O–H groups in total. The highest BCUT2D eigenvalue weighted by atomic mass is 16.5. The summed E-state index contributed by atoms with van der Waals surface area (Å²) in [5.74, 6) is 1.21. The van der Waals surface area contributed by atoms with Crippen molar-refractivity contribution in [3.63, 3.8) is 0 Å². The second-order valence-corrected chi connectivity index (χ2v) is 4.92. The van der Waals surface area contributed by atoms with E-state index < -0.39 is 0 Å². The molecule has 0 radical (unpaired) electrons. The van der Waals surface area contributed by atoms with Gasteiger partial charge in [-0.1, -0.05) is 17.3 Å². The molecule has 0 saturated heterocycles. The fourth-order valence-electron chi connectivity index (χ4n) is 2.12. The van der Waals surface area contributed by atoms with Gasteiger partial charge in [-0.15, -0.1) is 0 Å². The van der Waals surface area contributed by atoms with Crippen molar-refractivity contribution in [3.05, 3.63) is 53.7 Å². The third kappa shape index (κ3) is 2.76. The summed E-state index contributed by atoms with van der Waals surface area (Å²) in [4.78, 5) is 8.63. The molecule has 0 aliphatic carbocycles. The number of benzene rings is 1. The Kier molecular flexibility index (Phi) is 3.74. The third-order valence-electron chi connectivity index (χ3n) is 3.38. The molecule has 6 heteroatoms. The van der Waals surface area contributed by atoms with Crippen molar-refractivity contribution in [2.75, 3.05) is 5.73 Å². The van der Waals surface area contributed by atoms with E-state index in [1.54, 1.807) is 12.4 Å². The van der Waals surface area contributed by atoms with Gasteiger partial charge >= 0.3 is 0 Å². The number of ether oxygens (including phenoxy) is 1. The molecule has 1 aromatic carbocycles. The maximum absolute atomic E-state index is 5.82. The van der Waals surface area contributed by atoms with Gasteiger partial charge in [0.05, 0.1) is 11.3 Å². The molecule has 6 nitrogen and oxygen atoms in total. The molecule has 0 aliphatic rings. The van der Waals surface area contributed by atoms with Crippen LogP contribution in [0.15, 0.2) is 41.2 Å². The van der Waals surface area contributed by atoms with E-state index in [0.29, 0.717) is 23.9 Å². The highest BCUT2D eigenvalue weighted by Crippen LogP contribution is 2.27. The number of hydrogen-bond donors (Lipinski definition) is 1. The van der Waals surface area contributed by atoms with Crippen molar-refractivity contribution in [1.82, 2.24) is 15.1 Å². The molecule has 0 amide bonds. The summed E-state index contributed by atoms with van der Waals surface area (Å²) in [6, 6.07) is 7.42. The topological polar surface area (TPSA) is 87.1 Å². The third-order valence-corrected chi connectivity index (χ3v) is 3.38. The molecule has 112 valence electrons. The van der Waals surface area contributed by atoms with Crippen molar-refractivity contribution in [3.8, 4) is 17.1 Å². The number of anilines is 1. The van der Waals surface area contributed by atoms with Crippen LogP contribution in [-0.2, 0) is 6.61 Å². The molecular weight excluding hydrogens is 280 g/mol. The van der Waals surface area contributed by atoms with Crippen molar-refractivity contribution in [2.45, 2.75) is 20.5 Å². The molecular formula is C16H16N4O2. The van der Waals surface area contributed by atoms with Gasteiger partial charge in [0.15, 0.2) is 0 Å². The normalized spacial score (nSPS) is 10.6.